The van der Waals surface area contributed by atoms with Gasteiger partial charge < -0.3 is 9.30 Å². The lowest BCUT2D eigenvalue weighted by atomic mass is 9.88. The highest BCUT2D eigenvalue weighted by molar-refractivity contribution is 5.80. The number of nitrogens with one attached hydrogen (secondary N) is 1. The molecule has 10 heteroatoms. The zero-order valence-electron chi connectivity index (χ0n) is 15.0. The molecule has 0 atom stereocenters. The molecule has 1 heterocycles. The van der Waals surface area contributed by atoms with Crippen molar-refractivity contribution in [2.75, 3.05) is 0 Å². The van der Waals surface area contributed by atoms with Gasteiger partial charge in [-0.15, -0.1) is 0 Å². The Kier molecular flexibility index (Phi) is 6.45. The lowest BCUT2D eigenvalue weighted by Gasteiger charge is -2.22. The van der Waals surface area contributed by atoms with Crippen molar-refractivity contribution in [1.29, 1.82) is 0 Å². The minimum Gasteiger partial charge on any atom is -0.432 e. The molecule has 0 saturated carbocycles. The van der Waals surface area contributed by atoms with E-state index in [1.54, 1.807) is 13.8 Å². The molecular weight excluding hydrogens is 384 g/mol. The number of hydroxylamine groups is 1. The Hall–Kier alpha value is -2.88. The van der Waals surface area contributed by atoms with E-state index in [1.165, 1.54) is 5.48 Å². The highest BCUT2D eigenvalue weighted by Gasteiger charge is 2.27. The van der Waals surface area contributed by atoms with Crippen LogP contribution in [0.5, 0.6) is 5.75 Å². The fourth-order valence-electron chi connectivity index (χ4n) is 2.47. The molecule has 2 rings (SSSR count). The SMILES string of the molecule is CC(C)(CCn1cc(F)c(-c2ccc(OC(F)F)c(F)c2)cc1=O)C(=O)NO. The number of halogens is 4. The maximum Gasteiger partial charge on any atom is 0.387 e. The molecule has 2 aromatic rings. The molecule has 152 valence electrons. The third kappa shape index (κ3) is 4.89. The van der Waals surface area contributed by atoms with Crippen molar-refractivity contribution in [3.8, 4) is 16.9 Å². The number of nitrogens with zero attached hydrogens (tertiary/aromatic N) is 1. The second-order valence-corrected chi connectivity index (χ2v) is 6.67. The van der Waals surface area contributed by atoms with E-state index >= 15 is 0 Å². The van der Waals surface area contributed by atoms with Crippen LogP contribution in [0.4, 0.5) is 17.6 Å². The van der Waals surface area contributed by atoms with Gasteiger partial charge in [0.15, 0.2) is 11.6 Å². The molecule has 1 aromatic carbocycles. The molecule has 0 aliphatic rings. The first-order chi connectivity index (χ1) is 13.0. The molecule has 0 fully saturated rings. The fraction of sp³-hybridized carbons (Fsp3) is 0.333. The first-order valence-corrected chi connectivity index (χ1v) is 8.14. The van der Waals surface area contributed by atoms with E-state index in [4.69, 9.17) is 5.21 Å². The first kappa shape index (κ1) is 21.4. The number of ether oxygens (including phenoxy) is 1. The summed E-state index contributed by atoms with van der Waals surface area (Å²) < 4.78 is 57.7. The Morgan fingerprint density at radius 1 is 1.25 bits per heavy atom. The van der Waals surface area contributed by atoms with Gasteiger partial charge in [0.05, 0.1) is 0 Å². The van der Waals surface area contributed by atoms with E-state index in [1.807, 2.05) is 0 Å². The van der Waals surface area contributed by atoms with Gasteiger partial charge >= 0.3 is 6.61 Å². The first-order valence-electron chi connectivity index (χ1n) is 8.14. The molecule has 1 amide bonds. The van der Waals surface area contributed by atoms with Crippen molar-refractivity contribution in [2.24, 2.45) is 5.41 Å². The molecule has 28 heavy (non-hydrogen) atoms. The van der Waals surface area contributed by atoms with Gasteiger partial charge in [-0.3, -0.25) is 14.8 Å². The molecule has 0 aliphatic carbocycles. The summed E-state index contributed by atoms with van der Waals surface area (Å²) in [6.07, 6.45) is 1.04. The van der Waals surface area contributed by atoms with Crippen molar-refractivity contribution in [3.05, 3.63) is 52.5 Å². The van der Waals surface area contributed by atoms with Gasteiger partial charge in [-0.1, -0.05) is 19.9 Å². The van der Waals surface area contributed by atoms with Crippen LogP contribution in [0.2, 0.25) is 0 Å². The highest BCUT2D eigenvalue weighted by atomic mass is 19.3. The molecule has 6 nitrogen and oxygen atoms in total. The number of hydrogen-bond acceptors (Lipinski definition) is 4. The molecule has 0 radical (unpaired) electrons. The molecular formula is C18H18F4N2O4. The molecule has 0 bridgehead atoms. The van der Waals surface area contributed by atoms with E-state index in [0.29, 0.717) is 0 Å². The summed E-state index contributed by atoms with van der Waals surface area (Å²) in [5.41, 5.74) is -0.326. The number of hydrogen-bond donors (Lipinski definition) is 2. The summed E-state index contributed by atoms with van der Waals surface area (Å²) in [6, 6.07) is 3.79. The number of aromatic nitrogens is 1. The van der Waals surface area contributed by atoms with Crippen molar-refractivity contribution < 1.29 is 32.3 Å². The van der Waals surface area contributed by atoms with Gasteiger partial charge in [-0.2, -0.15) is 8.78 Å². The third-order valence-corrected chi connectivity index (χ3v) is 4.23. The Balaban J connectivity index is 2.28. The normalized spacial score (nSPS) is 11.6. The summed E-state index contributed by atoms with van der Waals surface area (Å²) in [5, 5.41) is 8.71. The Bertz CT molecular complexity index is 928. The zero-order valence-corrected chi connectivity index (χ0v) is 15.0. The summed E-state index contributed by atoms with van der Waals surface area (Å²) in [7, 11) is 0. The molecule has 0 aliphatic heterocycles. The van der Waals surface area contributed by atoms with Gasteiger partial charge in [0, 0.05) is 29.8 Å². The summed E-state index contributed by atoms with van der Waals surface area (Å²) >= 11 is 0. The lowest BCUT2D eigenvalue weighted by molar-refractivity contribution is -0.138. The van der Waals surface area contributed by atoms with Gasteiger partial charge in [0.1, 0.15) is 5.82 Å². The van der Waals surface area contributed by atoms with E-state index in [-0.39, 0.29) is 24.1 Å². The fourth-order valence-corrected chi connectivity index (χ4v) is 2.47. The summed E-state index contributed by atoms with van der Waals surface area (Å²) in [4.78, 5) is 23.8. The van der Waals surface area contributed by atoms with Crippen molar-refractivity contribution >= 4 is 5.91 Å². The average molecular weight is 402 g/mol. The number of aryl methyl sites for hydroxylation is 1. The Morgan fingerprint density at radius 3 is 2.50 bits per heavy atom. The van der Waals surface area contributed by atoms with Gasteiger partial charge in [0.25, 0.3) is 5.56 Å². The Morgan fingerprint density at radius 2 is 1.93 bits per heavy atom. The van der Waals surface area contributed by atoms with E-state index < -0.39 is 40.9 Å². The maximum absolute atomic E-state index is 14.5. The Labute approximate surface area is 157 Å². The maximum atomic E-state index is 14.5. The highest BCUT2D eigenvalue weighted by Crippen LogP contribution is 2.28. The van der Waals surface area contributed by atoms with Crippen LogP contribution in [0.25, 0.3) is 11.1 Å². The summed E-state index contributed by atoms with van der Waals surface area (Å²) in [6.45, 7) is -0.134. The number of benzene rings is 1. The zero-order chi connectivity index (χ0) is 21.1. The average Bonchev–Trinajstić information content (AvgIpc) is 2.62. The van der Waals surface area contributed by atoms with E-state index in [9.17, 15) is 27.2 Å². The smallest absolute Gasteiger partial charge is 0.387 e. The minimum absolute atomic E-state index is 0.00796. The summed E-state index contributed by atoms with van der Waals surface area (Å²) in [5.74, 6) is -3.32. The van der Waals surface area contributed by atoms with Crippen LogP contribution in [0, 0.1) is 17.0 Å². The second kappa shape index (κ2) is 8.42. The number of carbonyl (C=O) groups excluding carboxylic acids is 1. The van der Waals surface area contributed by atoms with Gasteiger partial charge in [-0.05, 0) is 24.1 Å². The quantitative estimate of drug-likeness (QED) is 0.423. The predicted molar refractivity (Wildman–Crippen MR) is 91.0 cm³/mol. The number of amides is 1. The van der Waals surface area contributed by atoms with E-state index in [0.717, 1.165) is 35.0 Å². The van der Waals surface area contributed by atoms with E-state index in [2.05, 4.69) is 4.74 Å². The lowest BCUT2D eigenvalue weighted by Crippen LogP contribution is -2.36. The number of pyridine rings is 1. The van der Waals surface area contributed by atoms with Gasteiger partial charge in [0.2, 0.25) is 5.91 Å². The molecule has 2 N–H and O–H groups in total. The molecule has 1 aromatic heterocycles. The van der Waals surface area contributed by atoms with Crippen molar-refractivity contribution in [2.45, 2.75) is 33.4 Å². The number of carbonyl (C=O) groups is 1. The van der Waals surface area contributed by atoms with Crippen molar-refractivity contribution in [3.63, 3.8) is 0 Å². The monoisotopic (exact) mass is 402 g/mol. The molecule has 0 spiro atoms. The van der Waals surface area contributed by atoms with Crippen LogP contribution < -0.4 is 15.8 Å². The topological polar surface area (TPSA) is 80.6 Å². The van der Waals surface area contributed by atoms with Crippen LogP contribution in [0.3, 0.4) is 0 Å². The molecule has 0 unspecified atom stereocenters. The standard InChI is InChI=1S/C18H18F4N2O4/c1-18(2,16(26)23-27)5-6-24-9-13(20)11(8-15(24)25)10-3-4-14(12(19)7-10)28-17(21)22/h3-4,7-9,17,27H,5-6H2,1-2H3,(H,23,26). The van der Waals surface area contributed by atoms with Crippen LogP contribution in [0.1, 0.15) is 20.3 Å². The molecule has 0 saturated heterocycles. The van der Waals surface area contributed by atoms with Crippen molar-refractivity contribution in [1.82, 2.24) is 10.0 Å². The second-order valence-electron chi connectivity index (χ2n) is 6.67. The predicted octanol–water partition coefficient (Wildman–Crippen LogP) is 3.32. The number of alkyl halides is 2. The van der Waals surface area contributed by atoms with Crippen LogP contribution in [-0.4, -0.2) is 22.3 Å². The van der Waals surface area contributed by atoms with Crippen LogP contribution >= 0.6 is 0 Å². The largest absolute Gasteiger partial charge is 0.432 e. The van der Waals surface area contributed by atoms with Crippen LogP contribution in [-0.2, 0) is 11.3 Å². The third-order valence-electron chi connectivity index (χ3n) is 4.23. The van der Waals surface area contributed by atoms with Crippen LogP contribution in [0.15, 0.2) is 35.3 Å². The minimum atomic E-state index is -3.21. The van der Waals surface area contributed by atoms with Gasteiger partial charge in [-0.25, -0.2) is 14.3 Å². The number of rotatable bonds is 7.